The van der Waals surface area contributed by atoms with E-state index in [4.69, 9.17) is 4.98 Å². The molecule has 0 fully saturated rings. The van der Waals surface area contributed by atoms with Crippen molar-refractivity contribution in [3.05, 3.63) is 35.8 Å². The Kier molecular flexibility index (Phi) is 3.11. The number of hydrogen-bond acceptors (Lipinski definition) is 3. The van der Waals surface area contributed by atoms with E-state index in [0.29, 0.717) is 6.04 Å². The minimum atomic E-state index is 0.403. The second-order valence-corrected chi connectivity index (χ2v) is 4.77. The van der Waals surface area contributed by atoms with Crippen molar-refractivity contribution < 1.29 is 0 Å². The van der Waals surface area contributed by atoms with Gasteiger partial charge in [-0.1, -0.05) is 6.42 Å². The van der Waals surface area contributed by atoms with E-state index in [9.17, 15) is 0 Å². The molecule has 2 aromatic heterocycles. The number of hydrogen-bond donors (Lipinski definition) is 2. The molecule has 0 aromatic carbocycles. The standard InChI is InChI=1S/C14H18N4/c1-15-11-5-2-3-6-12-10(11)9-17-14(18-12)13-7-4-8-16-13/h4,7-9,11,15-16H,2-3,5-6H2,1H3. The number of aryl methyl sites for hydroxylation is 1. The molecule has 0 amide bonds. The molecular formula is C14H18N4. The Hall–Kier alpha value is -1.68. The summed E-state index contributed by atoms with van der Waals surface area (Å²) in [7, 11) is 2.01. The third-order valence-corrected chi connectivity index (χ3v) is 3.62. The van der Waals surface area contributed by atoms with Gasteiger partial charge in [-0.2, -0.15) is 0 Å². The van der Waals surface area contributed by atoms with Gasteiger partial charge >= 0.3 is 0 Å². The second-order valence-electron chi connectivity index (χ2n) is 4.77. The zero-order valence-corrected chi connectivity index (χ0v) is 10.6. The Balaban J connectivity index is 2.01. The number of nitrogens with one attached hydrogen (secondary N) is 2. The Morgan fingerprint density at radius 2 is 2.33 bits per heavy atom. The molecule has 94 valence electrons. The molecule has 1 aliphatic rings. The molecule has 4 nitrogen and oxygen atoms in total. The zero-order chi connectivity index (χ0) is 12.4. The highest BCUT2D eigenvalue weighted by Crippen LogP contribution is 2.27. The van der Waals surface area contributed by atoms with Gasteiger partial charge in [0.25, 0.3) is 0 Å². The molecule has 0 bridgehead atoms. The minimum Gasteiger partial charge on any atom is -0.359 e. The van der Waals surface area contributed by atoms with E-state index in [2.05, 4.69) is 15.3 Å². The van der Waals surface area contributed by atoms with E-state index in [1.165, 1.54) is 30.5 Å². The summed E-state index contributed by atoms with van der Waals surface area (Å²) >= 11 is 0. The second kappa shape index (κ2) is 4.90. The first-order valence-corrected chi connectivity index (χ1v) is 6.55. The summed E-state index contributed by atoms with van der Waals surface area (Å²) in [6.45, 7) is 0. The normalized spacial score (nSPS) is 19.3. The Bertz CT molecular complexity index is 519. The molecule has 1 aliphatic carbocycles. The summed E-state index contributed by atoms with van der Waals surface area (Å²) in [6, 6.07) is 4.38. The first-order valence-electron chi connectivity index (χ1n) is 6.55. The molecule has 2 N–H and O–H groups in total. The highest BCUT2D eigenvalue weighted by molar-refractivity contribution is 5.49. The fourth-order valence-corrected chi connectivity index (χ4v) is 2.61. The molecular weight excluding hydrogens is 224 g/mol. The van der Waals surface area contributed by atoms with E-state index in [1.807, 2.05) is 31.6 Å². The number of aromatic nitrogens is 3. The summed E-state index contributed by atoms with van der Waals surface area (Å²) < 4.78 is 0. The van der Waals surface area contributed by atoms with Crippen molar-refractivity contribution in [2.24, 2.45) is 0 Å². The molecule has 1 unspecified atom stereocenters. The maximum atomic E-state index is 4.73. The molecule has 0 saturated heterocycles. The van der Waals surface area contributed by atoms with Crippen molar-refractivity contribution in [3.63, 3.8) is 0 Å². The highest BCUT2D eigenvalue weighted by Gasteiger charge is 2.19. The first-order chi connectivity index (χ1) is 8.88. The van der Waals surface area contributed by atoms with Crippen LogP contribution in [0.25, 0.3) is 11.5 Å². The van der Waals surface area contributed by atoms with Crippen LogP contribution in [-0.4, -0.2) is 22.0 Å². The largest absolute Gasteiger partial charge is 0.359 e. The van der Waals surface area contributed by atoms with Crippen LogP contribution in [-0.2, 0) is 6.42 Å². The van der Waals surface area contributed by atoms with Crippen LogP contribution in [0.3, 0.4) is 0 Å². The van der Waals surface area contributed by atoms with Crippen LogP contribution in [0.2, 0.25) is 0 Å². The number of H-pyrrole nitrogens is 1. The van der Waals surface area contributed by atoms with Crippen molar-refractivity contribution in [3.8, 4) is 11.5 Å². The summed E-state index contributed by atoms with van der Waals surface area (Å²) in [4.78, 5) is 12.4. The number of fused-ring (bicyclic) bond motifs is 1. The number of nitrogens with zero attached hydrogens (tertiary/aromatic N) is 2. The topological polar surface area (TPSA) is 53.6 Å². The van der Waals surface area contributed by atoms with Gasteiger partial charge in [-0.05, 0) is 38.4 Å². The fourth-order valence-electron chi connectivity index (χ4n) is 2.61. The lowest BCUT2D eigenvalue weighted by molar-refractivity contribution is 0.532. The summed E-state index contributed by atoms with van der Waals surface area (Å²) in [5, 5.41) is 3.37. The van der Waals surface area contributed by atoms with Gasteiger partial charge in [0.1, 0.15) is 0 Å². The molecule has 4 heteroatoms. The zero-order valence-electron chi connectivity index (χ0n) is 10.6. The third-order valence-electron chi connectivity index (χ3n) is 3.62. The molecule has 2 aromatic rings. The van der Waals surface area contributed by atoms with E-state index in [0.717, 1.165) is 17.9 Å². The van der Waals surface area contributed by atoms with E-state index < -0.39 is 0 Å². The molecule has 1 atom stereocenters. The van der Waals surface area contributed by atoms with Crippen molar-refractivity contribution in [2.45, 2.75) is 31.7 Å². The maximum Gasteiger partial charge on any atom is 0.176 e. The molecule has 0 aliphatic heterocycles. The number of aromatic amines is 1. The molecule has 18 heavy (non-hydrogen) atoms. The van der Waals surface area contributed by atoms with Gasteiger partial charge in [0.2, 0.25) is 0 Å². The molecule has 0 radical (unpaired) electrons. The van der Waals surface area contributed by atoms with Gasteiger partial charge in [0.05, 0.1) is 5.69 Å². The van der Waals surface area contributed by atoms with Crippen LogP contribution in [0.4, 0.5) is 0 Å². The van der Waals surface area contributed by atoms with Crippen molar-refractivity contribution in [1.82, 2.24) is 20.3 Å². The Labute approximate surface area is 107 Å². The van der Waals surface area contributed by atoms with E-state index in [1.54, 1.807) is 0 Å². The van der Waals surface area contributed by atoms with Crippen LogP contribution in [0.5, 0.6) is 0 Å². The first kappa shape index (κ1) is 11.4. The average molecular weight is 242 g/mol. The van der Waals surface area contributed by atoms with Crippen LogP contribution < -0.4 is 5.32 Å². The Morgan fingerprint density at radius 1 is 1.39 bits per heavy atom. The highest BCUT2D eigenvalue weighted by atomic mass is 14.9. The van der Waals surface area contributed by atoms with Gasteiger partial charge < -0.3 is 10.3 Å². The van der Waals surface area contributed by atoms with Crippen LogP contribution in [0.1, 0.15) is 36.6 Å². The van der Waals surface area contributed by atoms with Crippen LogP contribution in [0, 0.1) is 0 Å². The third kappa shape index (κ3) is 2.04. The SMILES string of the molecule is CNC1CCCCc2nc(-c3ccc[nH]3)ncc21. The summed E-state index contributed by atoms with van der Waals surface area (Å²) in [5.74, 6) is 0.801. The van der Waals surface area contributed by atoms with Gasteiger partial charge in [-0.15, -0.1) is 0 Å². The minimum absolute atomic E-state index is 0.403. The predicted octanol–water partition coefficient (Wildman–Crippen LogP) is 2.46. The van der Waals surface area contributed by atoms with Gasteiger partial charge in [0, 0.05) is 29.7 Å². The number of rotatable bonds is 2. The molecule has 3 rings (SSSR count). The van der Waals surface area contributed by atoms with E-state index in [-0.39, 0.29) is 0 Å². The lowest BCUT2D eigenvalue weighted by Gasteiger charge is -2.15. The van der Waals surface area contributed by atoms with Crippen molar-refractivity contribution in [1.29, 1.82) is 0 Å². The fraction of sp³-hybridized carbons (Fsp3) is 0.429. The molecule has 0 spiro atoms. The van der Waals surface area contributed by atoms with Crippen molar-refractivity contribution in [2.75, 3.05) is 7.05 Å². The molecule has 2 heterocycles. The quantitative estimate of drug-likeness (QED) is 0.795. The smallest absolute Gasteiger partial charge is 0.176 e. The summed E-state index contributed by atoms with van der Waals surface area (Å²) in [6.07, 6.45) is 8.59. The Morgan fingerprint density at radius 3 is 3.11 bits per heavy atom. The molecule has 0 saturated carbocycles. The summed E-state index contributed by atoms with van der Waals surface area (Å²) in [5.41, 5.74) is 3.46. The lowest BCUT2D eigenvalue weighted by Crippen LogP contribution is -2.17. The van der Waals surface area contributed by atoms with Crippen molar-refractivity contribution >= 4 is 0 Å². The predicted molar refractivity (Wildman–Crippen MR) is 71.2 cm³/mol. The average Bonchev–Trinajstić information content (AvgIpc) is 2.86. The van der Waals surface area contributed by atoms with Crippen LogP contribution >= 0.6 is 0 Å². The van der Waals surface area contributed by atoms with Gasteiger partial charge in [-0.3, -0.25) is 0 Å². The lowest BCUT2D eigenvalue weighted by atomic mass is 10.1. The maximum absolute atomic E-state index is 4.73. The van der Waals surface area contributed by atoms with E-state index >= 15 is 0 Å². The van der Waals surface area contributed by atoms with Gasteiger partial charge in [0.15, 0.2) is 5.82 Å². The van der Waals surface area contributed by atoms with Crippen LogP contribution in [0.15, 0.2) is 24.5 Å². The monoisotopic (exact) mass is 242 g/mol. The van der Waals surface area contributed by atoms with Gasteiger partial charge in [-0.25, -0.2) is 9.97 Å².